The summed E-state index contributed by atoms with van der Waals surface area (Å²) in [5.41, 5.74) is 4.87. The molecule has 0 aliphatic heterocycles. The third-order valence-electron chi connectivity index (χ3n) is 7.02. The molecule has 1 N–H and O–H groups in total. The van der Waals surface area contributed by atoms with Crippen molar-refractivity contribution in [1.82, 2.24) is 10.2 Å². The van der Waals surface area contributed by atoms with E-state index in [9.17, 15) is 18.0 Å². The summed E-state index contributed by atoms with van der Waals surface area (Å²) >= 11 is 0. The van der Waals surface area contributed by atoms with Gasteiger partial charge in [-0.15, -0.1) is 0 Å². The molecule has 7 nitrogen and oxygen atoms in total. The number of carbonyl (C=O) groups excluding carboxylic acids is 2. The third-order valence-corrected chi connectivity index (χ3v) is 8.15. The molecule has 3 aromatic rings. The smallest absolute Gasteiger partial charge is 0.244 e. The standard InChI is InChI=1S/C32H41N3O4S/c1-7-26(5)33-32(37)30(20-27-13-9-8-10-14-27)34(21-28-15-11-12-23(2)18-28)31(36)22-35(40(6,38)39)29-19-24(3)16-17-25(29)4/h8-19,26,30H,7,20-22H2,1-6H3,(H,33,37)/t26-,30-/m1/s1. The fourth-order valence-corrected chi connectivity index (χ4v) is 5.48. The zero-order valence-electron chi connectivity index (χ0n) is 24.3. The molecule has 40 heavy (non-hydrogen) atoms. The van der Waals surface area contributed by atoms with Gasteiger partial charge in [0, 0.05) is 19.0 Å². The van der Waals surface area contributed by atoms with Crippen LogP contribution >= 0.6 is 0 Å². The Hall–Kier alpha value is -3.65. The van der Waals surface area contributed by atoms with Crippen LogP contribution < -0.4 is 9.62 Å². The molecule has 0 aromatic heterocycles. The predicted octanol–water partition coefficient (Wildman–Crippen LogP) is 4.93. The first-order valence-corrected chi connectivity index (χ1v) is 15.5. The highest BCUT2D eigenvalue weighted by molar-refractivity contribution is 7.92. The number of sulfonamides is 1. The zero-order chi connectivity index (χ0) is 29.4. The van der Waals surface area contributed by atoms with Crippen molar-refractivity contribution in [3.63, 3.8) is 0 Å². The van der Waals surface area contributed by atoms with Crippen molar-refractivity contribution in [3.8, 4) is 0 Å². The van der Waals surface area contributed by atoms with Gasteiger partial charge < -0.3 is 10.2 Å². The van der Waals surface area contributed by atoms with Gasteiger partial charge in [0.15, 0.2) is 0 Å². The summed E-state index contributed by atoms with van der Waals surface area (Å²) in [6.45, 7) is 9.33. The number of anilines is 1. The van der Waals surface area contributed by atoms with Gasteiger partial charge in [-0.3, -0.25) is 13.9 Å². The Labute approximate surface area is 239 Å². The molecule has 214 valence electrons. The van der Waals surface area contributed by atoms with Crippen molar-refractivity contribution in [3.05, 3.63) is 101 Å². The summed E-state index contributed by atoms with van der Waals surface area (Å²) < 4.78 is 27.2. The Morgan fingerprint density at radius 3 is 2.15 bits per heavy atom. The van der Waals surface area contributed by atoms with E-state index in [1.807, 2.05) is 101 Å². The Kier molecular flexibility index (Phi) is 10.5. The van der Waals surface area contributed by atoms with Gasteiger partial charge in [0.05, 0.1) is 11.9 Å². The summed E-state index contributed by atoms with van der Waals surface area (Å²) in [6.07, 6.45) is 2.14. The average molecular weight is 564 g/mol. The van der Waals surface area contributed by atoms with E-state index >= 15 is 0 Å². The molecule has 2 atom stereocenters. The topological polar surface area (TPSA) is 86.8 Å². The van der Waals surface area contributed by atoms with E-state index in [2.05, 4.69) is 5.32 Å². The van der Waals surface area contributed by atoms with Crippen molar-refractivity contribution in [2.24, 2.45) is 0 Å². The van der Waals surface area contributed by atoms with E-state index in [0.29, 0.717) is 12.1 Å². The number of amides is 2. The highest BCUT2D eigenvalue weighted by Crippen LogP contribution is 2.25. The highest BCUT2D eigenvalue weighted by atomic mass is 32.2. The van der Waals surface area contributed by atoms with Crippen LogP contribution in [0.3, 0.4) is 0 Å². The lowest BCUT2D eigenvalue weighted by molar-refractivity contribution is -0.140. The van der Waals surface area contributed by atoms with Gasteiger partial charge in [0.1, 0.15) is 12.6 Å². The predicted molar refractivity (Wildman–Crippen MR) is 162 cm³/mol. The molecule has 0 unspecified atom stereocenters. The molecular formula is C32H41N3O4S. The van der Waals surface area contributed by atoms with E-state index in [0.717, 1.165) is 44.8 Å². The van der Waals surface area contributed by atoms with E-state index in [4.69, 9.17) is 0 Å². The quantitative estimate of drug-likeness (QED) is 0.339. The van der Waals surface area contributed by atoms with Crippen LogP contribution in [0.5, 0.6) is 0 Å². The fourth-order valence-electron chi connectivity index (χ4n) is 4.59. The number of rotatable bonds is 12. The molecule has 0 radical (unpaired) electrons. The number of nitrogens with zero attached hydrogens (tertiary/aromatic N) is 2. The first-order chi connectivity index (χ1) is 18.9. The molecular weight excluding hydrogens is 522 g/mol. The van der Waals surface area contributed by atoms with Crippen LogP contribution in [0.1, 0.15) is 48.1 Å². The molecule has 0 saturated carbocycles. The van der Waals surface area contributed by atoms with Crippen molar-refractivity contribution in [2.45, 2.75) is 66.1 Å². The summed E-state index contributed by atoms with van der Waals surface area (Å²) in [5, 5.41) is 3.05. The van der Waals surface area contributed by atoms with Gasteiger partial charge in [-0.1, -0.05) is 79.2 Å². The first kappa shape index (κ1) is 30.9. The second-order valence-corrected chi connectivity index (χ2v) is 12.5. The van der Waals surface area contributed by atoms with Gasteiger partial charge in [-0.25, -0.2) is 8.42 Å². The fraction of sp³-hybridized carbons (Fsp3) is 0.375. The molecule has 0 heterocycles. The lowest BCUT2D eigenvalue weighted by atomic mass is 10.0. The van der Waals surface area contributed by atoms with Crippen molar-refractivity contribution in [1.29, 1.82) is 0 Å². The zero-order valence-corrected chi connectivity index (χ0v) is 25.2. The summed E-state index contributed by atoms with van der Waals surface area (Å²) in [7, 11) is -3.81. The number of nitrogens with one attached hydrogen (secondary N) is 1. The Morgan fingerprint density at radius 1 is 0.875 bits per heavy atom. The van der Waals surface area contributed by atoms with Crippen molar-refractivity contribution >= 4 is 27.5 Å². The maximum Gasteiger partial charge on any atom is 0.244 e. The molecule has 0 saturated heterocycles. The summed E-state index contributed by atoms with van der Waals surface area (Å²) in [5.74, 6) is -0.718. The van der Waals surface area contributed by atoms with Crippen LogP contribution in [0.15, 0.2) is 72.8 Å². The second kappa shape index (κ2) is 13.6. The number of carbonyl (C=O) groups is 2. The van der Waals surface area contributed by atoms with E-state index in [-0.39, 0.29) is 18.5 Å². The molecule has 0 aliphatic carbocycles. The minimum Gasteiger partial charge on any atom is -0.352 e. The minimum atomic E-state index is -3.81. The van der Waals surface area contributed by atoms with Gasteiger partial charge in [0.2, 0.25) is 21.8 Å². The monoisotopic (exact) mass is 563 g/mol. The van der Waals surface area contributed by atoms with Gasteiger partial charge in [0.25, 0.3) is 0 Å². The van der Waals surface area contributed by atoms with Gasteiger partial charge >= 0.3 is 0 Å². The van der Waals surface area contributed by atoms with Crippen LogP contribution in [0.4, 0.5) is 5.69 Å². The molecule has 0 aliphatic rings. The first-order valence-electron chi connectivity index (χ1n) is 13.6. The number of hydrogen-bond donors (Lipinski definition) is 1. The van der Waals surface area contributed by atoms with Crippen LogP contribution in [-0.2, 0) is 32.6 Å². The molecule has 0 fully saturated rings. The lowest BCUT2D eigenvalue weighted by Crippen LogP contribution is -2.54. The van der Waals surface area contributed by atoms with E-state index < -0.39 is 28.5 Å². The van der Waals surface area contributed by atoms with E-state index in [1.165, 1.54) is 4.90 Å². The van der Waals surface area contributed by atoms with Crippen LogP contribution in [0.25, 0.3) is 0 Å². The largest absolute Gasteiger partial charge is 0.352 e. The third kappa shape index (κ3) is 8.42. The Morgan fingerprint density at radius 2 is 1.52 bits per heavy atom. The Balaban J connectivity index is 2.09. The molecule has 0 spiro atoms. The molecule has 0 bridgehead atoms. The summed E-state index contributed by atoms with van der Waals surface area (Å²) in [6, 6.07) is 21.9. The normalized spacial score (nSPS) is 12.8. The molecule has 2 amide bonds. The number of benzene rings is 3. The SMILES string of the molecule is CC[C@@H](C)NC(=O)[C@@H](Cc1ccccc1)N(Cc1cccc(C)c1)C(=O)CN(c1cc(C)ccc1C)S(C)(=O)=O. The average Bonchev–Trinajstić information content (AvgIpc) is 2.90. The minimum absolute atomic E-state index is 0.0795. The second-order valence-electron chi connectivity index (χ2n) is 10.6. The van der Waals surface area contributed by atoms with Gasteiger partial charge in [-0.05, 0) is 62.4 Å². The van der Waals surface area contributed by atoms with Crippen molar-refractivity contribution in [2.75, 3.05) is 17.1 Å². The maximum atomic E-state index is 14.2. The number of aryl methyl sites for hydroxylation is 3. The Bertz CT molecular complexity index is 1420. The molecule has 3 aromatic carbocycles. The molecule has 8 heteroatoms. The van der Waals surface area contributed by atoms with Crippen LogP contribution in [0.2, 0.25) is 0 Å². The number of hydrogen-bond acceptors (Lipinski definition) is 4. The highest BCUT2D eigenvalue weighted by Gasteiger charge is 2.33. The molecule has 3 rings (SSSR count). The van der Waals surface area contributed by atoms with Crippen LogP contribution in [0, 0.1) is 20.8 Å². The summed E-state index contributed by atoms with van der Waals surface area (Å²) in [4.78, 5) is 29.5. The van der Waals surface area contributed by atoms with Crippen LogP contribution in [-0.4, -0.2) is 50.0 Å². The van der Waals surface area contributed by atoms with Crippen molar-refractivity contribution < 1.29 is 18.0 Å². The van der Waals surface area contributed by atoms with Gasteiger partial charge in [-0.2, -0.15) is 0 Å². The maximum absolute atomic E-state index is 14.2. The van der Waals surface area contributed by atoms with E-state index in [1.54, 1.807) is 6.07 Å². The lowest BCUT2D eigenvalue weighted by Gasteiger charge is -2.34.